The van der Waals surface area contributed by atoms with Gasteiger partial charge in [0.25, 0.3) is 0 Å². The van der Waals surface area contributed by atoms with E-state index >= 15 is 0 Å². The molecule has 6 heteroatoms. The Bertz CT molecular complexity index is 1170. The van der Waals surface area contributed by atoms with Gasteiger partial charge in [0.2, 0.25) is 5.91 Å². The van der Waals surface area contributed by atoms with E-state index in [1.807, 2.05) is 6.08 Å². The van der Waals surface area contributed by atoms with Gasteiger partial charge in [0.05, 0.1) is 25.4 Å². The zero-order valence-corrected chi connectivity index (χ0v) is 48.4. The third-order valence-corrected chi connectivity index (χ3v) is 14.9. The minimum atomic E-state index is -0.844. The molecule has 0 aliphatic rings. The van der Waals surface area contributed by atoms with Gasteiger partial charge >= 0.3 is 5.97 Å². The highest BCUT2D eigenvalue weighted by atomic mass is 16.5. The van der Waals surface area contributed by atoms with Gasteiger partial charge in [0.1, 0.15) is 0 Å². The number of carbonyl (C=O) groups excluding carboxylic acids is 2. The molecule has 0 aliphatic carbocycles. The van der Waals surface area contributed by atoms with E-state index in [1.165, 1.54) is 270 Å². The summed E-state index contributed by atoms with van der Waals surface area (Å²) in [6.45, 7) is 4.89. The van der Waals surface area contributed by atoms with Crippen molar-refractivity contribution in [2.45, 2.75) is 360 Å². The molecule has 3 N–H and O–H groups in total. The van der Waals surface area contributed by atoms with Crippen LogP contribution < -0.4 is 5.32 Å². The molecule has 0 aliphatic heterocycles. The quantitative estimate of drug-likeness (QED) is 0.0320. The zero-order chi connectivity index (χ0) is 52.2. The third-order valence-electron chi connectivity index (χ3n) is 14.9. The highest BCUT2D eigenvalue weighted by Crippen LogP contribution is 2.18. The number of unbranched alkanes of at least 4 members (excludes halogenated alkanes) is 45. The lowest BCUT2D eigenvalue weighted by molar-refractivity contribution is -0.143. The summed E-state index contributed by atoms with van der Waals surface area (Å²) < 4.78 is 5.50. The number of hydrogen-bond acceptors (Lipinski definition) is 5. The van der Waals surface area contributed by atoms with Gasteiger partial charge in [-0.1, -0.05) is 307 Å². The highest BCUT2D eigenvalue weighted by Gasteiger charge is 2.18. The molecule has 0 aromatic carbocycles. The molecule has 6 nitrogen and oxygen atoms in total. The maximum Gasteiger partial charge on any atom is 0.305 e. The van der Waals surface area contributed by atoms with Crippen molar-refractivity contribution in [3.8, 4) is 0 Å². The average molecular weight is 1010 g/mol. The third kappa shape index (κ3) is 57.4. The van der Waals surface area contributed by atoms with Crippen LogP contribution in [0.2, 0.25) is 0 Å². The van der Waals surface area contributed by atoms with Gasteiger partial charge in [-0.05, 0) is 64.2 Å². The van der Waals surface area contributed by atoms with Gasteiger partial charge in [-0.25, -0.2) is 0 Å². The van der Waals surface area contributed by atoms with Crippen LogP contribution in [0.3, 0.4) is 0 Å². The van der Waals surface area contributed by atoms with E-state index in [-0.39, 0.29) is 18.5 Å². The van der Waals surface area contributed by atoms with Crippen molar-refractivity contribution in [3.05, 3.63) is 36.5 Å². The van der Waals surface area contributed by atoms with Crippen LogP contribution in [-0.4, -0.2) is 47.4 Å². The molecule has 424 valence electrons. The number of nitrogens with one attached hydrogen (secondary N) is 1. The SMILES string of the molecule is CCCCC/C=C\C/C=C\CCCCCCCCCCCC(=O)OCCCCCCCCCCCCCCCCCCCCCCCCC(=O)NC(CO)C(O)/C=C/CCCCCCCCCCCCCC. The van der Waals surface area contributed by atoms with E-state index in [0.717, 1.165) is 51.4 Å². The number of aliphatic hydroxyl groups excluding tert-OH is 2. The lowest BCUT2D eigenvalue weighted by atomic mass is 10.0. The number of amides is 1. The molecule has 0 saturated heterocycles. The molecule has 0 rings (SSSR count). The van der Waals surface area contributed by atoms with Crippen molar-refractivity contribution >= 4 is 11.9 Å². The molecule has 0 spiro atoms. The average Bonchev–Trinajstić information content (AvgIpc) is 3.38. The Morgan fingerprint density at radius 2 is 0.694 bits per heavy atom. The summed E-state index contributed by atoms with van der Waals surface area (Å²) in [5.41, 5.74) is 0. The number of hydrogen-bond donors (Lipinski definition) is 3. The zero-order valence-electron chi connectivity index (χ0n) is 48.4. The number of allylic oxidation sites excluding steroid dienone is 5. The number of aliphatic hydroxyl groups is 2. The van der Waals surface area contributed by atoms with Gasteiger partial charge in [0.15, 0.2) is 0 Å². The number of carbonyl (C=O) groups is 2. The minimum Gasteiger partial charge on any atom is -0.466 e. The summed E-state index contributed by atoms with van der Waals surface area (Å²) >= 11 is 0. The Labute approximate surface area is 449 Å². The van der Waals surface area contributed by atoms with Crippen LogP contribution in [-0.2, 0) is 14.3 Å². The lowest BCUT2D eigenvalue weighted by Gasteiger charge is -2.20. The highest BCUT2D eigenvalue weighted by molar-refractivity contribution is 5.76. The molecule has 0 heterocycles. The molecular weight excluding hydrogens is 887 g/mol. The van der Waals surface area contributed by atoms with Crippen LogP contribution in [0, 0.1) is 0 Å². The first kappa shape index (κ1) is 70.1. The number of esters is 1. The molecule has 0 aromatic rings. The second kappa shape index (κ2) is 61.6. The van der Waals surface area contributed by atoms with Gasteiger partial charge in [-0.15, -0.1) is 0 Å². The normalized spacial score (nSPS) is 12.8. The van der Waals surface area contributed by atoms with Crippen molar-refractivity contribution < 1.29 is 24.5 Å². The first-order valence-corrected chi connectivity index (χ1v) is 32.3. The largest absolute Gasteiger partial charge is 0.466 e. The van der Waals surface area contributed by atoms with Gasteiger partial charge in [-0.2, -0.15) is 0 Å². The Kier molecular flexibility index (Phi) is 60.0. The van der Waals surface area contributed by atoms with Crippen molar-refractivity contribution in [1.82, 2.24) is 5.32 Å². The fraction of sp³-hybridized carbons (Fsp3) is 0.879. The molecule has 0 bridgehead atoms. The van der Waals surface area contributed by atoms with E-state index in [0.29, 0.717) is 19.4 Å². The molecule has 2 unspecified atom stereocenters. The maximum atomic E-state index is 12.5. The molecule has 0 fully saturated rings. The van der Waals surface area contributed by atoms with E-state index < -0.39 is 12.1 Å². The topological polar surface area (TPSA) is 95.9 Å². The number of rotatable bonds is 60. The summed E-state index contributed by atoms with van der Waals surface area (Å²) in [6.07, 6.45) is 77.6. The molecule has 1 amide bonds. The van der Waals surface area contributed by atoms with Crippen molar-refractivity contribution in [1.29, 1.82) is 0 Å². The van der Waals surface area contributed by atoms with Gasteiger partial charge in [-0.3, -0.25) is 9.59 Å². The first-order chi connectivity index (χ1) is 35.5. The fourth-order valence-corrected chi connectivity index (χ4v) is 9.96. The molecule has 0 aromatic heterocycles. The molecule has 2 atom stereocenters. The smallest absolute Gasteiger partial charge is 0.305 e. The van der Waals surface area contributed by atoms with Crippen LogP contribution >= 0.6 is 0 Å². The number of ether oxygens (including phenoxy) is 1. The summed E-state index contributed by atoms with van der Waals surface area (Å²) in [7, 11) is 0. The summed E-state index contributed by atoms with van der Waals surface area (Å²) in [5, 5.41) is 23.1. The maximum absolute atomic E-state index is 12.5. The molecule has 0 radical (unpaired) electrons. The van der Waals surface area contributed by atoms with Crippen molar-refractivity contribution in [3.63, 3.8) is 0 Å². The monoisotopic (exact) mass is 1010 g/mol. The first-order valence-electron chi connectivity index (χ1n) is 32.3. The van der Waals surface area contributed by atoms with Crippen LogP contribution in [0.25, 0.3) is 0 Å². The van der Waals surface area contributed by atoms with E-state index in [2.05, 4.69) is 43.5 Å². The summed E-state index contributed by atoms with van der Waals surface area (Å²) in [4.78, 5) is 24.6. The Morgan fingerprint density at radius 3 is 1.08 bits per heavy atom. The Hall–Kier alpha value is -1.92. The Morgan fingerprint density at radius 1 is 0.389 bits per heavy atom. The predicted molar refractivity (Wildman–Crippen MR) is 315 cm³/mol. The van der Waals surface area contributed by atoms with Crippen molar-refractivity contribution in [2.24, 2.45) is 0 Å². The van der Waals surface area contributed by atoms with E-state index in [9.17, 15) is 19.8 Å². The second-order valence-electron chi connectivity index (χ2n) is 22.1. The second-order valence-corrected chi connectivity index (χ2v) is 22.1. The van der Waals surface area contributed by atoms with Crippen LogP contribution in [0.4, 0.5) is 0 Å². The predicted octanol–water partition coefficient (Wildman–Crippen LogP) is 20.4. The van der Waals surface area contributed by atoms with Crippen LogP contribution in [0.5, 0.6) is 0 Å². The Balaban J connectivity index is 3.38. The van der Waals surface area contributed by atoms with Gasteiger partial charge in [0, 0.05) is 12.8 Å². The molecule has 72 heavy (non-hydrogen) atoms. The molecular formula is C66H125NO5. The van der Waals surface area contributed by atoms with E-state index in [1.54, 1.807) is 6.08 Å². The van der Waals surface area contributed by atoms with Crippen LogP contribution in [0.15, 0.2) is 36.5 Å². The summed E-state index contributed by atoms with van der Waals surface area (Å²) in [5.74, 6) is -0.0580. The van der Waals surface area contributed by atoms with Crippen LogP contribution in [0.1, 0.15) is 348 Å². The van der Waals surface area contributed by atoms with Crippen molar-refractivity contribution in [2.75, 3.05) is 13.2 Å². The lowest BCUT2D eigenvalue weighted by Crippen LogP contribution is -2.45. The fourth-order valence-electron chi connectivity index (χ4n) is 9.96. The van der Waals surface area contributed by atoms with Gasteiger partial charge < -0.3 is 20.3 Å². The molecule has 0 saturated carbocycles. The standard InChI is InChI=1S/C66H125NO5/c1-3-5-7-9-11-13-15-17-19-20-25-29-32-36-40-44-48-52-56-60-66(71)72-61-57-53-49-45-41-37-33-30-27-24-22-21-23-26-28-31-35-39-43-47-51-55-59-65(70)67-63(62-68)64(69)58-54-50-46-42-38-34-18-16-14-12-10-8-6-4-2/h11,13,17,19,54,58,63-64,68-69H,3-10,12,14-16,18,20-53,55-57,59-62H2,1-2H3,(H,67,70)/b13-11-,19-17-,58-54+. The van der Waals surface area contributed by atoms with E-state index in [4.69, 9.17) is 4.74 Å². The summed E-state index contributed by atoms with van der Waals surface area (Å²) in [6, 6.07) is -0.628. The minimum absolute atomic E-state index is 0.00909.